The summed E-state index contributed by atoms with van der Waals surface area (Å²) in [5.74, 6) is -0.606. The van der Waals surface area contributed by atoms with Gasteiger partial charge in [0.25, 0.3) is 5.91 Å². The van der Waals surface area contributed by atoms with Crippen molar-refractivity contribution in [2.45, 2.75) is 20.3 Å². The number of hydrogen-bond donors (Lipinski definition) is 2. The van der Waals surface area contributed by atoms with E-state index in [0.717, 1.165) is 10.4 Å². The van der Waals surface area contributed by atoms with Crippen LogP contribution in [0.2, 0.25) is 0 Å². The van der Waals surface area contributed by atoms with E-state index in [1.165, 1.54) is 18.4 Å². The maximum Gasteiger partial charge on any atom is 0.309 e. The van der Waals surface area contributed by atoms with Crippen LogP contribution in [0.3, 0.4) is 0 Å². The molecule has 0 aliphatic rings. The van der Waals surface area contributed by atoms with Crippen LogP contribution in [0.5, 0.6) is 5.75 Å². The normalized spacial score (nSPS) is 11.1. The number of carbonyl (C=O) groups is 2. The molecule has 0 saturated carbocycles. The van der Waals surface area contributed by atoms with Gasteiger partial charge in [0, 0.05) is 11.4 Å². The second-order valence-corrected chi connectivity index (χ2v) is 7.12. The largest absolute Gasteiger partial charge is 0.495 e. The molecule has 6 heteroatoms. The van der Waals surface area contributed by atoms with E-state index >= 15 is 0 Å². The summed E-state index contributed by atoms with van der Waals surface area (Å²) in [5, 5.41) is 11.9. The predicted octanol–water partition coefficient (Wildman–Crippen LogP) is 3.65. The molecule has 5 nitrogen and oxygen atoms in total. The number of rotatable bonds is 7. The van der Waals surface area contributed by atoms with Gasteiger partial charge in [0.05, 0.1) is 12.5 Å². The summed E-state index contributed by atoms with van der Waals surface area (Å²) in [6.07, 6.45) is 0.354. The van der Waals surface area contributed by atoms with Crippen molar-refractivity contribution >= 4 is 23.2 Å². The molecule has 0 unspecified atom stereocenters. The van der Waals surface area contributed by atoms with E-state index < -0.39 is 11.4 Å². The quantitative estimate of drug-likeness (QED) is 0.801. The highest BCUT2D eigenvalue weighted by Gasteiger charge is 2.27. The zero-order valence-electron chi connectivity index (χ0n) is 14.0. The first-order chi connectivity index (χ1) is 11.3. The first-order valence-electron chi connectivity index (χ1n) is 7.60. The van der Waals surface area contributed by atoms with E-state index in [9.17, 15) is 9.59 Å². The van der Waals surface area contributed by atoms with Crippen molar-refractivity contribution < 1.29 is 19.4 Å². The van der Waals surface area contributed by atoms with Crippen LogP contribution in [0, 0.1) is 5.41 Å². The van der Waals surface area contributed by atoms with Crippen molar-refractivity contribution in [3.8, 4) is 16.2 Å². The van der Waals surface area contributed by atoms with Crippen molar-refractivity contribution in [2.24, 2.45) is 5.41 Å². The third-order valence-corrected chi connectivity index (χ3v) is 4.96. The van der Waals surface area contributed by atoms with Crippen LogP contribution < -0.4 is 10.1 Å². The van der Waals surface area contributed by atoms with Gasteiger partial charge in [0.15, 0.2) is 0 Å². The Hall–Kier alpha value is -2.34. The summed E-state index contributed by atoms with van der Waals surface area (Å²) in [5.41, 5.74) is 0.147. The van der Waals surface area contributed by atoms with Crippen LogP contribution in [0.15, 0.2) is 36.4 Å². The van der Waals surface area contributed by atoms with Gasteiger partial charge >= 0.3 is 5.97 Å². The maximum atomic E-state index is 12.4. The van der Waals surface area contributed by atoms with Crippen LogP contribution >= 0.6 is 11.3 Å². The molecule has 0 aliphatic carbocycles. The minimum absolute atomic E-state index is 0.250. The van der Waals surface area contributed by atoms with Gasteiger partial charge in [-0.05, 0) is 31.9 Å². The first-order valence-corrected chi connectivity index (χ1v) is 8.41. The minimum atomic E-state index is -0.878. The average molecular weight is 347 g/mol. The van der Waals surface area contributed by atoms with Crippen LogP contribution in [0.1, 0.15) is 29.9 Å². The number of carboxylic acid groups (broad SMARTS) is 1. The molecule has 1 amide bonds. The molecule has 0 atom stereocenters. The van der Waals surface area contributed by atoms with Crippen LogP contribution in [0.25, 0.3) is 10.4 Å². The molecule has 2 aromatic rings. The Balaban J connectivity index is 2.09. The van der Waals surface area contributed by atoms with Gasteiger partial charge in [-0.25, -0.2) is 0 Å². The lowest BCUT2D eigenvalue weighted by Crippen LogP contribution is -2.31. The zero-order valence-corrected chi connectivity index (χ0v) is 14.8. The third kappa shape index (κ3) is 4.14. The average Bonchev–Trinajstić information content (AvgIpc) is 2.99. The molecule has 2 rings (SSSR count). The van der Waals surface area contributed by atoms with E-state index in [0.29, 0.717) is 23.6 Å². The number of carboxylic acids is 1. The van der Waals surface area contributed by atoms with Gasteiger partial charge in [-0.15, -0.1) is 11.3 Å². The minimum Gasteiger partial charge on any atom is -0.495 e. The molecule has 0 saturated heterocycles. The van der Waals surface area contributed by atoms with E-state index in [1.807, 2.05) is 36.4 Å². The van der Waals surface area contributed by atoms with Crippen LogP contribution in [-0.2, 0) is 4.79 Å². The van der Waals surface area contributed by atoms with E-state index in [2.05, 4.69) is 5.32 Å². The fourth-order valence-electron chi connectivity index (χ4n) is 2.10. The molecule has 24 heavy (non-hydrogen) atoms. The summed E-state index contributed by atoms with van der Waals surface area (Å²) in [6.45, 7) is 3.57. The molecule has 1 aromatic carbocycles. The molecule has 0 fully saturated rings. The fraction of sp³-hybridized carbons (Fsp3) is 0.333. The number of aliphatic carboxylic acids is 1. The second-order valence-electron chi connectivity index (χ2n) is 6.07. The lowest BCUT2D eigenvalue weighted by atomic mass is 9.90. The number of nitrogens with one attached hydrogen (secondary N) is 1. The monoisotopic (exact) mass is 347 g/mol. The van der Waals surface area contributed by atoms with Gasteiger partial charge in [-0.3, -0.25) is 9.59 Å². The molecule has 2 N–H and O–H groups in total. The van der Waals surface area contributed by atoms with Gasteiger partial charge in [0.2, 0.25) is 0 Å². The zero-order chi connectivity index (χ0) is 17.7. The Morgan fingerprint density at radius 2 is 1.92 bits per heavy atom. The van der Waals surface area contributed by atoms with Gasteiger partial charge < -0.3 is 15.2 Å². The SMILES string of the molecule is COc1cc(-c2ccccc2)sc1C(=O)NCCC(C)(C)C(=O)O. The standard InChI is InChI=1S/C18H21NO4S/c1-18(2,17(21)22)9-10-19-16(20)15-13(23-3)11-14(24-15)12-7-5-4-6-8-12/h4-8,11H,9-10H2,1-3H3,(H,19,20)(H,21,22). The number of ether oxygens (including phenoxy) is 1. The van der Waals surface area contributed by atoms with Crippen molar-refractivity contribution in [3.05, 3.63) is 41.3 Å². The molecule has 1 aromatic heterocycles. The summed E-state index contributed by atoms with van der Waals surface area (Å²) >= 11 is 1.36. The topological polar surface area (TPSA) is 75.6 Å². The van der Waals surface area contributed by atoms with Crippen molar-refractivity contribution in [2.75, 3.05) is 13.7 Å². The Morgan fingerprint density at radius 1 is 1.25 bits per heavy atom. The van der Waals surface area contributed by atoms with Gasteiger partial charge in [0.1, 0.15) is 10.6 Å². The van der Waals surface area contributed by atoms with Crippen molar-refractivity contribution in [1.29, 1.82) is 0 Å². The number of thiophene rings is 1. The maximum absolute atomic E-state index is 12.4. The number of carbonyl (C=O) groups excluding carboxylic acids is 1. The molecular weight excluding hydrogens is 326 g/mol. The number of amides is 1. The molecule has 0 bridgehead atoms. The second kappa shape index (κ2) is 7.49. The number of benzene rings is 1. The predicted molar refractivity (Wildman–Crippen MR) is 94.7 cm³/mol. The Morgan fingerprint density at radius 3 is 2.50 bits per heavy atom. The molecule has 128 valence electrons. The lowest BCUT2D eigenvalue weighted by molar-refractivity contribution is -0.147. The number of methoxy groups -OCH3 is 1. The Kier molecular flexibility index (Phi) is 5.62. The summed E-state index contributed by atoms with van der Waals surface area (Å²) < 4.78 is 5.31. The molecular formula is C18H21NO4S. The molecule has 0 aliphatic heterocycles. The molecule has 0 spiro atoms. The van der Waals surface area contributed by atoms with Gasteiger partial charge in [-0.2, -0.15) is 0 Å². The fourth-order valence-corrected chi connectivity index (χ4v) is 3.15. The summed E-state index contributed by atoms with van der Waals surface area (Å²) in [4.78, 5) is 24.9. The third-order valence-electron chi connectivity index (χ3n) is 3.80. The van der Waals surface area contributed by atoms with E-state index in [1.54, 1.807) is 13.8 Å². The summed E-state index contributed by atoms with van der Waals surface area (Å²) in [6, 6.07) is 11.6. The van der Waals surface area contributed by atoms with Crippen molar-refractivity contribution in [1.82, 2.24) is 5.32 Å². The van der Waals surface area contributed by atoms with E-state index in [4.69, 9.17) is 9.84 Å². The van der Waals surface area contributed by atoms with Crippen LogP contribution in [0.4, 0.5) is 0 Å². The highest BCUT2D eigenvalue weighted by atomic mass is 32.1. The molecule has 0 radical (unpaired) electrons. The first kappa shape index (κ1) is 18.0. The highest BCUT2D eigenvalue weighted by molar-refractivity contribution is 7.17. The molecule has 1 heterocycles. The summed E-state index contributed by atoms with van der Waals surface area (Å²) in [7, 11) is 1.53. The number of hydrogen-bond acceptors (Lipinski definition) is 4. The lowest BCUT2D eigenvalue weighted by Gasteiger charge is -2.18. The Bertz CT molecular complexity index is 722. The van der Waals surface area contributed by atoms with Crippen molar-refractivity contribution in [3.63, 3.8) is 0 Å². The Labute approximate surface area is 145 Å². The smallest absolute Gasteiger partial charge is 0.309 e. The highest BCUT2D eigenvalue weighted by Crippen LogP contribution is 2.36. The van der Waals surface area contributed by atoms with Crippen LogP contribution in [-0.4, -0.2) is 30.6 Å². The van der Waals surface area contributed by atoms with E-state index in [-0.39, 0.29) is 5.91 Å². The van der Waals surface area contributed by atoms with Gasteiger partial charge in [-0.1, -0.05) is 30.3 Å².